The lowest BCUT2D eigenvalue weighted by atomic mass is 9.94. The van der Waals surface area contributed by atoms with Crippen molar-refractivity contribution in [3.8, 4) is 0 Å². The fraction of sp³-hybridized carbons (Fsp3) is 0.608. The first-order chi connectivity index (χ1) is 70.8. The summed E-state index contributed by atoms with van der Waals surface area (Å²) in [5.41, 5.74) is 6.65. The minimum Gasteiger partial charge on any atom is -0.457 e. The van der Waals surface area contributed by atoms with Gasteiger partial charge < -0.3 is 72.3 Å². The molecule has 794 valence electrons. The van der Waals surface area contributed by atoms with Gasteiger partial charge in [-0.05, 0) is 70.2 Å². The molecule has 0 aliphatic carbocycles. The summed E-state index contributed by atoms with van der Waals surface area (Å²) in [6.07, 6.45) is 26.4. The smallest absolute Gasteiger partial charge is 0.457 e. The molecule has 24 heteroatoms. The molecule has 23 nitrogen and oxygen atoms in total. The van der Waals surface area contributed by atoms with Gasteiger partial charge in [-0.25, -0.2) is 4.57 Å². The molecule has 2 amide bonds. The lowest BCUT2D eigenvalue weighted by molar-refractivity contribution is -0.309. The predicted molar refractivity (Wildman–Crippen MR) is 564 cm³/mol. The number of fused-ring (bicyclic) bond motifs is 1. The third kappa shape index (κ3) is 47.1. The van der Waals surface area contributed by atoms with Crippen molar-refractivity contribution in [2.45, 2.75) is 449 Å². The highest BCUT2D eigenvalue weighted by atomic mass is 31.2. The van der Waals surface area contributed by atoms with Crippen LogP contribution < -0.4 is 10.6 Å². The number of amides is 2. The number of rotatable bonds is 79. The number of hydrogen-bond donors (Lipinski definition) is 2. The second-order valence-corrected chi connectivity index (χ2v) is 41.2. The van der Waals surface area contributed by atoms with Crippen LogP contribution in [0, 0.1) is 0 Å². The summed E-state index contributed by atoms with van der Waals surface area (Å²) in [5.74, 6) is -2.43. The van der Waals surface area contributed by atoms with E-state index in [1.165, 1.54) is 109 Å². The van der Waals surface area contributed by atoms with Crippen LogP contribution in [0.5, 0.6) is 0 Å². The third-order valence-corrected chi connectivity index (χ3v) is 28.9. The number of carbonyl (C=O) groups is 5. The Balaban J connectivity index is 1.08. The van der Waals surface area contributed by atoms with Crippen molar-refractivity contribution in [2.24, 2.45) is 0 Å². The second-order valence-electron chi connectivity index (χ2n) is 39.6. The van der Waals surface area contributed by atoms with Crippen LogP contribution in [0.4, 0.5) is 0 Å². The van der Waals surface area contributed by atoms with E-state index in [1.54, 1.807) is 0 Å². The maximum Gasteiger partial charge on any atom is 0.475 e. The molecule has 0 aromatic heterocycles. The van der Waals surface area contributed by atoms with E-state index >= 15 is 23.7 Å². The number of phosphoric ester groups is 1. The molecule has 3 aliphatic rings. The minimum atomic E-state index is -4.79. The van der Waals surface area contributed by atoms with Crippen molar-refractivity contribution in [3.63, 3.8) is 0 Å². The average molecular weight is 2010 g/mol. The van der Waals surface area contributed by atoms with Gasteiger partial charge in [-0.15, -0.1) is 0 Å². The van der Waals surface area contributed by atoms with Crippen LogP contribution in [0.3, 0.4) is 0 Å². The van der Waals surface area contributed by atoms with Crippen LogP contribution in [0.1, 0.15) is 355 Å². The van der Waals surface area contributed by atoms with Gasteiger partial charge in [0.1, 0.15) is 49.4 Å². The van der Waals surface area contributed by atoms with E-state index in [1.807, 2.05) is 206 Å². The lowest BCUT2D eigenvalue weighted by Crippen LogP contribution is -2.68. The van der Waals surface area contributed by atoms with Crippen molar-refractivity contribution >= 4 is 37.9 Å². The predicted octanol–water partition coefficient (Wildman–Crippen LogP) is 27.1. The van der Waals surface area contributed by atoms with Crippen LogP contribution in [0.2, 0.25) is 0 Å². The molecule has 2 fully saturated rings. The highest BCUT2D eigenvalue weighted by Crippen LogP contribution is 2.55. The van der Waals surface area contributed by atoms with Crippen LogP contribution in [-0.4, -0.2) is 136 Å². The molecule has 10 rings (SSSR count). The fourth-order valence-corrected chi connectivity index (χ4v) is 20.5. The monoisotopic (exact) mass is 2010 g/mol. The van der Waals surface area contributed by atoms with Gasteiger partial charge in [0.2, 0.25) is 11.8 Å². The molecule has 14 atom stereocenters. The Morgan fingerprint density at radius 1 is 0.326 bits per heavy atom. The average Bonchev–Trinajstić information content (AvgIpc) is 1.00. The largest absolute Gasteiger partial charge is 0.475 e. The van der Waals surface area contributed by atoms with E-state index in [4.69, 9.17) is 70.4 Å². The molecular weight excluding hydrogens is 1840 g/mol. The van der Waals surface area contributed by atoms with Gasteiger partial charge in [0, 0.05) is 0 Å². The van der Waals surface area contributed by atoms with Crippen molar-refractivity contribution in [3.05, 3.63) is 251 Å². The lowest BCUT2D eigenvalue weighted by Gasteiger charge is -2.48. The maximum atomic E-state index is 16.2. The highest BCUT2D eigenvalue weighted by molar-refractivity contribution is 7.48. The summed E-state index contributed by atoms with van der Waals surface area (Å²) < 4.78 is 120. The Bertz CT molecular complexity index is 4520. The number of aldehydes is 1. The molecule has 3 heterocycles. The number of unbranched alkanes of at least 4 members (excludes halogenated alkanes) is 32. The second kappa shape index (κ2) is 72.2. The number of ether oxygens (including phenoxy) is 12. The van der Waals surface area contributed by atoms with Gasteiger partial charge in [0.05, 0.1) is 116 Å². The summed E-state index contributed by atoms with van der Waals surface area (Å²) in [7, 11) is -4.79. The van der Waals surface area contributed by atoms with Gasteiger partial charge in [-0.2, -0.15) is 0 Å². The Kier molecular flexibility index (Phi) is 59.0. The van der Waals surface area contributed by atoms with Crippen LogP contribution in [0.25, 0.3) is 0 Å². The van der Waals surface area contributed by atoms with E-state index < -0.39 is 130 Å². The van der Waals surface area contributed by atoms with Crippen LogP contribution in [-0.2, 0) is 152 Å². The van der Waals surface area contributed by atoms with Crippen LogP contribution >= 0.6 is 7.82 Å². The van der Waals surface area contributed by atoms with Gasteiger partial charge in [-0.3, -0.25) is 32.7 Å². The first kappa shape index (κ1) is 118. The number of phosphoric acid groups is 1. The van der Waals surface area contributed by atoms with Crippen molar-refractivity contribution in [1.82, 2.24) is 10.6 Å². The number of benzene rings is 7. The normalized spacial score (nSPS) is 19.7. The molecular formula is C120H173N2O21P. The zero-order valence-electron chi connectivity index (χ0n) is 87.2. The molecule has 0 spiro atoms. The zero-order chi connectivity index (χ0) is 101. The number of esters is 2. The molecule has 3 aliphatic heterocycles. The topological polar surface area (TPSA) is 265 Å². The number of carbonyl (C=O) groups excluding carboxylic acids is 5. The number of nitrogens with one attached hydrogen (secondary N) is 2. The molecule has 7 aromatic carbocycles. The Hall–Kier alpha value is -8.20. The first-order valence-corrected chi connectivity index (χ1v) is 56.7. The quantitative estimate of drug-likeness (QED) is 0.0155. The van der Waals surface area contributed by atoms with E-state index in [2.05, 4.69) is 38.3 Å². The van der Waals surface area contributed by atoms with Gasteiger partial charge >= 0.3 is 19.8 Å². The number of hydrogen-bond acceptors (Lipinski definition) is 21. The third-order valence-electron chi connectivity index (χ3n) is 27.5. The van der Waals surface area contributed by atoms with Crippen molar-refractivity contribution < 1.29 is 99.0 Å². The Morgan fingerprint density at radius 3 is 0.944 bits per heavy atom. The summed E-state index contributed by atoms with van der Waals surface area (Å²) in [4.78, 5) is 76.8. The molecule has 7 aromatic rings. The zero-order valence-corrected chi connectivity index (χ0v) is 88.1. The van der Waals surface area contributed by atoms with Gasteiger partial charge in [0.15, 0.2) is 24.8 Å². The first-order valence-electron chi connectivity index (χ1n) is 55.3. The van der Waals surface area contributed by atoms with Gasteiger partial charge in [0.25, 0.3) is 0 Å². The Labute approximate surface area is 861 Å². The van der Waals surface area contributed by atoms with Crippen molar-refractivity contribution in [2.75, 3.05) is 19.8 Å². The summed E-state index contributed by atoms with van der Waals surface area (Å²) >= 11 is 0. The Morgan fingerprint density at radius 2 is 0.611 bits per heavy atom. The van der Waals surface area contributed by atoms with Crippen LogP contribution in [0.15, 0.2) is 206 Å². The maximum absolute atomic E-state index is 16.2. The van der Waals surface area contributed by atoms with E-state index in [0.717, 1.165) is 155 Å². The molecule has 0 saturated carbocycles. The fourth-order valence-electron chi connectivity index (χ4n) is 19.2. The summed E-state index contributed by atoms with van der Waals surface area (Å²) in [5, 5.41) is 6.56. The van der Waals surface area contributed by atoms with E-state index in [0.29, 0.717) is 43.1 Å². The molecule has 0 bridgehead atoms. The van der Waals surface area contributed by atoms with Gasteiger partial charge in [-0.1, -0.05) is 465 Å². The molecule has 2 N–H and O–H groups in total. The summed E-state index contributed by atoms with van der Waals surface area (Å²) in [6.45, 7) is 7.93. The minimum absolute atomic E-state index is 0.0440. The van der Waals surface area contributed by atoms with Crippen molar-refractivity contribution in [1.29, 1.82) is 0 Å². The highest BCUT2D eigenvalue weighted by Gasteiger charge is 2.56. The standard InChI is InChI=1S/C120H173N2O21P/c1-5-9-13-17-21-25-29-33-55-75-103(131-86-96-63-45-38-46-64-96)81-109(124)121-113-117(141-111(126)83-105(133-88-98-67-49-40-50-68-98)77-57-35-31-27-23-19-15-11-7-3)115(135-90-100-71-53-42-54-72-100)108(140-119(113)130-80-79-123)94-136-120-114(122-110(125)82-104(132-87-97-65-47-39-48-66-97)76-56-34-30-26-22-18-14-10-6-2)118(142-112(127)84-106(134-89-99-69-51-41-52-70-99)78-58-36-32-28-24-20-16-12-8-4)116(107(139-120)93-129-85-95-61-43-37-44-62-95)143-144(128)137-91-101-73-59-60-74-102(101)92-138-144/h37-54,59-74,79,103-108,113-120H,5-36,55-58,75-78,80-94H2,1-4H3,(H,121,124)(H,122,125)/t103-,104-,105-,106-,107-,108-,113-,114-,115-,116-,117-,118-,119+,120-/m1/s1. The SMILES string of the molecule is CCCCCCCCCCC[C@H](CC(=O)N[C@H]1[C@@H](OCC=O)O[C@H](CO[C@@H]2O[C@H](COCc3ccccc3)[C@@H](OP3(=O)OCc4ccccc4CO3)[C@H](OC(=O)C[C@@H](CCCCCCCCCCC)OCc3ccccc3)[C@H]2NC(=O)C[C@@H](CCCCCCCCCCC)OCc2ccccc2)[C@@H](OCc2ccccc2)[C@@H]1OC(=O)C[C@@H](CCCCCCCCCCC)OCc1ccccc1)OCc1ccccc1. The summed E-state index contributed by atoms with van der Waals surface area (Å²) in [6, 6.07) is 62.8. The molecule has 144 heavy (non-hydrogen) atoms. The molecule has 2 saturated heterocycles. The molecule has 0 radical (unpaired) electrons. The molecule has 0 unspecified atom stereocenters. The van der Waals surface area contributed by atoms with E-state index in [-0.39, 0.29) is 85.1 Å². The van der Waals surface area contributed by atoms with E-state index in [9.17, 15) is 4.79 Å².